The lowest BCUT2D eigenvalue weighted by atomic mass is 10.1. The van der Waals surface area contributed by atoms with Gasteiger partial charge < -0.3 is 19.7 Å². The molecule has 0 fully saturated rings. The topological polar surface area (TPSA) is 67.9 Å². The number of amides is 2. The van der Waals surface area contributed by atoms with Crippen molar-refractivity contribution >= 4 is 23.2 Å². The maximum Gasteiger partial charge on any atom is 0.265 e. The summed E-state index contributed by atoms with van der Waals surface area (Å²) in [6, 6.07) is 11.1. The van der Waals surface area contributed by atoms with Crippen molar-refractivity contribution in [3.63, 3.8) is 0 Å². The fraction of sp³-hybridized carbons (Fsp3) is 0.300. The molecule has 1 N–H and O–H groups in total. The van der Waals surface area contributed by atoms with Crippen LogP contribution in [0.5, 0.6) is 11.5 Å². The van der Waals surface area contributed by atoms with Crippen LogP contribution in [0.2, 0.25) is 0 Å². The Morgan fingerprint density at radius 3 is 2.81 bits per heavy atom. The van der Waals surface area contributed by atoms with Crippen LogP contribution in [0.4, 0.5) is 11.4 Å². The number of rotatable bonds is 5. The number of likely N-dealkylation sites (N-methyl/N-ethyl adjacent to an activating group) is 1. The first-order chi connectivity index (χ1) is 12.5. The highest BCUT2D eigenvalue weighted by Crippen LogP contribution is 2.34. The lowest BCUT2D eigenvalue weighted by Crippen LogP contribution is -2.38. The van der Waals surface area contributed by atoms with Crippen molar-refractivity contribution in [2.75, 3.05) is 30.0 Å². The van der Waals surface area contributed by atoms with Gasteiger partial charge in [-0.15, -0.1) is 0 Å². The summed E-state index contributed by atoms with van der Waals surface area (Å²) in [6.45, 7) is 6.33. The molecule has 6 heteroatoms. The number of nitrogens with zero attached hydrogens (tertiary/aromatic N) is 1. The minimum atomic E-state index is -0.259. The van der Waals surface area contributed by atoms with Gasteiger partial charge in [0.2, 0.25) is 0 Å². The molecule has 0 aromatic heterocycles. The summed E-state index contributed by atoms with van der Waals surface area (Å²) in [4.78, 5) is 25.7. The molecule has 2 amide bonds. The first kappa shape index (κ1) is 17.8. The molecule has 0 saturated carbocycles. The van der Waals surface area contributed by atoms with Crippen LogP contribution < -0.4 is 19.7 Å². The molecule has 1 heterocycles. The number of anilines is 2. The van der Waals surface area contributed by atoms with Crippen LogP contribution in [0.3, 0.4) is 0 Å². The molecule has 3 rings (SSSR count). The maximum absolute atomic E-state index is 12.2. The smallest absolute Gasteiger partial charge is 0.265 e. The van der Waals surface area contributed by atoms with E-state index in [2.05, 4.69) is 5.32 Å². The third kappa shape index (κ3) is 3.79. The molecule has 0 radical (unpaired) electrons. The minimum Gasteiger partial charge on any atom is -0.483 e. The lowest BCUT2D eigenvalue weighted by Gasteiger charge is -2.28. The number of hydrogen-bond acceptors (Lipinski definition) is 4. The van der Waals surface area contributed by atoms with E-state index in [9.17, 15) is 9.59 Å². The second kappa shape index (κ2) is 7.47. The Kier molecular flexibility index (Phi) is 5.11. The summed E-state index contributed by atoms with van der Waals surface area (Å²) in [5.41, 5.74) is 3.37. The van der Waals surface area contributed by atoms with Gasteiger partial charge in [-0.2, -0.15) is 0 Å². The molecule has 6 nitrogen and oxygen atoms in total. The standard InChI is InChI=1S/C20H22N2O4/c1-4-22-16-8-7-15(10-18(16)26-12-20(22)24)21-19(23)11-25-17-9-13(2)5-6-14(17)3/h5-10H,4,11-12H2,1-3H3,(H,21,23). The van der Waals surface area contributed by atoms with E-state index in [0.29, 0.717) is 29.4 Å². The summed E-state index contributed by atoms with van der Waals surface area (Å²) in [7, 11) is 0. The zero-order chi connectivity index (χ0) is 18.7. The Hall–Kier alpha value is -3.02. The van der Waals surface area contributed by atoms with E-state index in [1.54, 1.807) is 23.1 Å². The van der Waals surface area contributed by atoms with Crippen LogP contribution in [-0.4, -0.2) is 31.6 Å². The molecular formula is C20H22N2O4. The Morgan fingerprint density at radius 2 is 2.04 bits per heavy atom. The zero-order valence-electron chi connectivity index (χ0n) is 15.2. The number of carbonyl (C=O) groups excluding carboxylic acids is 2. The van der Waals surface area contributed by atoms with Crippen LogP contribution >= 0.6 is 0 Å². The first-order valence-electron chi connectivity index (χ1n) is 8.55. The predicted molar refractivity (Wildman–Crippen MR) is 100 cm³/mol. The second-order valence-corrected chi connectivity index (χ2v) is 6.21. The van der Waals surface area contributed by atoms with Crippen LogP contribution in [0.25, 0.3) is 0 Å². The SMILES string of the molecule is CCN1C(=O)COc2cc(NC(=O)COc3cc(C)ccc3C)ccc21. The number of aryl methyl sites for hydroxylation is 2. The highest BCUT2D eigenvalue weighted by molar-refractivity contribution is 5.99. The fourth-order valence-corrected chi connectivity index (χ4v) is 2.83. The molecule has 26 heavy (non-hydrogen) atoms. The van der Waals surface area contributed by atoms with Crippen molar-refractivity contribution < 1.29 is 19.1 Å². The molecule has 0 aliphatic carbocycles. The summed E-state index contributed by atoms with van der Waals surface area (Å²) < 4.78 is 11.1. The van der Waals surface area contributed by atoms with Gasteiger partial charge in [0.05, 0.1) is 5.69 Å². The highest BCUT2D eigenvalue weighted by atomic mass is 16.5. The minimum absolute atomic E-state index is 0.00792. The van der Waals surface area contributed by atoms with E-state index >= 15 is 0 Å². The van der Waals surface area contributed by atoms with Gasteiger partial charge in [-0.25, -0.2) is 0 Å². The highest BCUT2D eigenvalue weighted by Gasteiger charge is 2.24. The number of nitrogens with one attached hydrogen (secondary N) is 1. The van der Waals surface area contributed by atoms with Crippen LogP contribution in [-0.2, 0) is 9.59 Å². The number of carbonyl (C=O) groups is 2. The summed E-state index contributed by atoms with van der Waals surface area (Å²) in [5, 5.41) is 2.79. The van der Waals surface area contributed by atoms with Gasteiger partial charge in [0.1, 0.15) is 11.5 Å². The van der Waals surface area contributed by atoms with E-state index in [4.69, 9.17) is 9.47 Å². The fourth-order valence-electron chi connectivity index (χ4n) is 2.83. The van der Waals surface area contributed by atoms with Gasteiger partial charge in [-0.05, 0) is 50.1 Å². The van der Waals surface area contributed by atoms with Gasteiger partial charge in [0, 0.05) is 18.3 Å². The number of ether oxygens (including phenoxy) is 2. The molecule has 1 aliphatic heterocycles. The third-order valence-electron chi connectivity index (χ3n) is 4.21. The zero-order valence-corrected chi connectivity index (χ0v) is 15.2. The molecule has 136 valence electrons. The van der Waals surface area contributed by atoms with Crippen molar-refractivity contribution in [1.82, 2.24) is 0 Å². The number of benzene rings is 2. The van der Waals surface area contributed by atoms with E-state index in [1.165, 1.54) is 0 Å². The number of hydrogen-bond donors (Lipinski definition) is 1. The van der Waals surface area contributed by atoms with Crippen molar-refractivity contribution in [1.29, 1.82) is 0 Å². The van der Waals surface area contributed by atoms with Crippen LogP contribution in [0.1, 0.15) is 18.1 Å². The molecule has 0 saturated heterocycles. The van der Waals surface area contributed by atoms with Crippen molar-refractivity contribution in [3.05, 3.63) is 47.5 Å². The van der Waals surface area contributed by atoms with E-state index < -0.39 is 0 Å². The summed E-state index contributed by atoms with van der Waals surface area (Å²) >= 11 is 0. The van der Waals surface area contributed by atoms with E-state index in [0.717, 1.165) is 11.1 Å². The average molecular weight is 354 g/mol. The number of fused-ring (bicyclic) bond motifs is 1. The lowest BCUT2D eigenvalue weighted by molar-refractivity contribution is -0.121. The quantitative estimate of drug-likeness (QED) is 0.896. The second-order valence-electron chi connectivity index (χ2n) is 6.21. The van der Waals surface area contributed by atoms with E-state index in [1.807, 2.05) is 39.0 Å². The van der Waals surface area contributed by atoms with Gasteiger partial charge in [0.25, 0.3) is 11.8 Å². The molecule has 2 aromatic carbocycles. The van der Waals surface area contributed by atoms with Gasteiger partial charge in [0.15, 0.2) is 13.2 Å². The monoisotopic (exact) mass is 354 g/mol. The van der Waals surface area contributed by atoms with Crippen LogP contribution in [0, 0.1) is 13.8 Å². The Balaban J connectivity index is 1.65. The van der Waals surface area contributed by atoms with Gasteiger partial charge in [-0.3, -0.25) is 9.59 Å². The van der Waals surface area contributed by atoms with Gasteiger partial charge >= 0.3 is 0 Å². The molecule has 0 bridgehead atoms. The Labute approximate surface area is 152 Å². The third-order valence-corrected chi connectivity index (χ3v) is 4.21. The molecule has 0 unspecified atom stereocenters. The molecule has 2 aromatic rings. The van der Waals surface area contributed by atoms with Crippen molar-refractivity contribution in [3.8, 4) is 11.5 Å². The molecule has 0 spiro atoms. The predicted octanol–water partition coefficient (Wildman–Crippen LogP) is 3.07. The van der Waals surface area contributed by atoms with Crippen molar-refractivity contribution in [2.45, 2.75) is 20.8 Å². The Bertz CT molecular complexity index is 848. The largest absolute Gasteiger partial charge is 0.483 e. The Morgan fingerprint density at radius 1 is 1.23 bits per heavy atom. The van der Waals surface area contributed by atoms with Crippen LogP contribution in [0.15, 0.2) is 36.4 Å². The molecular weight excluding hydrogens is 332 g/mol. The molecule has 0 atom stereocenters. The summed E-state index contributed by atoms with van der Waals surface area (Å²) in [5.74, 6) is 0.953. The van der Waals surface area contributed by atoms with Crippen molar-refractivity contribution in [2.24, 2.45) is 0 Å². The average Bonchev–Trinajstić information content (AvgIpc) is 2.62. The van der Waals surface area contributed by atoms with Gasteiger partial charge in [-0.1, -0.05) is 12.1 Å². The van der Waals surface area contributed by atoms with E-state index in [-0.39, 0.29) is 25.0 Å². The maximum atomic E-state index is 12.2. The summed E-state index contributed by atoms with van der Waals surface area (Å²) in [6.07, 6.45) is 0. The molecule has 1 aliphatic rings. The normalized spacial score (nSPS) is 13.0. The first-order valence-corrected chi connectivity index (χ1v) is 8.55.